The third-order valence-electron chi connectivity index (χ3n) is 2.77. The molecule has 0 aliphatic heterocycles. The van der Waals surface area contributed by atoms with Crippen LogP contribution in [0.4, 0.5) is 11.4 Å². The van der Waals surface area contributed by atoms with Crippen molar-refractivity contribution in [1.82, 2.24) is 0 Å². The molecular weight excluding hydrogens is 360 g/mol. The third-order valence-corrected chi connectivity index (χ3v) is 3.65. The molecule has 0 atom stereocenters. The lowest BCUT2D eigenvalue weighted by Gasteiger charge is -2.07. The Hall–Kier alpha value is -1.92. The summed E-state index contributed by atoms with van der Waals surface area (Å²) >= 11 is 9.13. The van der Waals surface area contributed by atoms with Gasteiger partial charge in [-0.15, -0.1) is 0 Å². The van der Waals surface area contributed by atoms with Crippen LogP contribution in [0.3, 0.4) is 0 Å². The second-order valence-electron chi connectivity index (χ2n) is 4.20. The van der Waals surface area contributed by atoms with E-state index in [-0.39, 0.29) is 16.3 Å². The van der Waals surface area contributed by atoms with E-state index in [2.05, 4.69) is 21.2 Å². The number of carbonyl (C=O) groups is 1. The molecule has 5 nitrogen and oxygen atoms in total. The number of nitro groups is 1. The Morgan fingerprint density at radius 3 is 2.48 bits per heavy atom. The van der Waals surface area contributed by atoms with Gasteiger partial charge < -0.3 is 5.32 Å². The van der Waals surface area contributed by atoms with E-state index in [0.29, 0.717) is 11.0 Å². The zero-order valence-electron chi connectivity index (χ0n) is 10.7. The number of halogens is 2. The van der Waals surface area contributed by atoms with Crippen molar-refractivity contribution in [2.45, 2.75) is 5.33 Å². The number of alkyl halides is 1. The van der Waals surface area contributed by atoms with Crippen molar-refractivity contribution in [3.05, 3.63) is 68.7 Å². The molecule has 1 N–H and O–H groups in total. The molecule has 0 aromatic heterocycles. The Labute approximate surface area is 134 Å². The van der Waals surface area contributed by atoms with Gasteiger partial charge in [-0.3, -0.25) is 14.9 Å². The Kier molecular flexibility index (Phi) is 4.93. The lowest BCUT2D eigenvalue weighted by molar-refractivity contribution is -0.385. The van der Waals surface area contributed by atoms with Crippen LogP contribution in [0, 0.1) is 10.1 Å². The van der Waals surface area contributed by atoms with Gasteiger partial charge in [0.15, 0.2) is 0 Å². The number of benzene rings is 2. The maximum atomic E-state index is 12.2. The maximum Gasteiger partial charge on any atom is 0.282 e. The minimum atomic E-state index is -0.612. The molecule has 2 aromatic rings. The third kappa shape index (κ3) is 3.80. The summed E-state index contributed by atoms with van der Waals surface area (Å²) in [6.45, 7) is 0. The molecule has 108 valence electrons. The monoisotopic (exact) mass is 368 g/mol. The highest BCUT2D eigenvalue weighted by atomic mass is 79.9. The van der Waals surface area contributed by atoms with E-state index in [4.69, 9.17) is 11.6 Å². The molecule has 0 heterocycles. The van der Waals surface area contributed by atoms with Crippen molar-refractivity contribution in [1.29, 1.82) is 0 Å². The first-order valence-corrected chi connectivity index (χ1v) is 7.41. The van der Waals surface area contributed by atoms with E-state index in [0.717, 1.165) is 5.56 Å². The summed E-state index contributed by atoms with van der Waals surface area (Å²) in [5.41, 5.74) is 1.26. The Morgan fingerprint density at radius 1 is 1.24 bits per heavy atom. The highest BCUT2D eigenvalue weighted by molar-refractivity contribution is 9.08. The summed E-state index contributed by atoms with van der Waals surface area (Å²) in [6, 6.07) is 11.0. The maximum absolute atomic E-state index is 12.2. The van der Waals surface area contributed by atoms with Gasteiger partial charge in [0.2, 0.25) is 0 Å². The van der Waals surface area contributed by atoms with Gasteiger partial charge in [-0.25, -0.2) is 0 Å². The summed E-state index contributed by atoms with van der Waals surface area (Å²) in [4.78, 5) is 22.5. The van der Waals surface area contributed by atoms with Crippen LogP contribution in [0.25, 0.3) is 0 Å². The molecule has 21 heavy (non-hydrogen) atoms. The van der Waals surface area contributed by atoms with Crippen LogP contribution < -0.4 is 5.32 Å². The standard InChI is InChI=1S/C14H10BrClN2O3/c15-8-9-1-4-11(5-2-9)17-14(19)12-7-10(16)3-6-13(12)18(20)21/h1-7H,8H2,(H,17,19). The predicted molar refractivity (Wildman–Crippen MR) is 85.1 cm³/mol. The largest absolute Gasteiger partial charge is 0.322 e. The van der Waals surface area contributed by atoms with Crippen LogP contribution >= 0.6 is 27.5 Å². The molecule has 7 heteroatoms. The fourth-order valence-corrected chi connectivity index (χ4v) is 2.27. The van der Waals surface area contributed by atoms with Crippen molar-refractivity contribution < 1.29 is 9.72 Å². The molecule has 0 aliphatic carbocycles. The molecule has 0 radical (unpaired) electrons. The van der Waals surface area contributed by atoms with Crippen molar-refractivity contribution >= 4 is 44.8 Å². The molecule has 0 aliphatic rings. The van der Waals surface area contributed by atoms with E-state index in [9.17, 15) is 14.9 Å². The van der Waals surface area contributed by atoms with Gasteiger partial charge in [0.05, 0.1) is 4.92 Å². The fraction of sp³-hybridized carbons (Fsp3) is 0.0714. The molecule has 0 saturated carbocycles. The van der Waals surface area contributed by atoms with Crippen LogP contribution in [0.15, 0.2) is 42.5 Å². The normalized spacial score (nSPS) is 10.2. The van der Waals surface area contributed by atoms with E-state index < -0.39 is 10.8 Å². The second-order valence-corrected chi connectivity index (χ2v) is 5.20. The van der Waals surface area contributed by atoms with Crippen molar-refractivity contribution in [2.24, 2.45) is 0 Å². The number of rotatable bonds is 4. The first-order valence-electron chi connectivity index (χ1n) is 5.91. The van der Waals surface area contributed by atoms with Gasteiger partial charge in [-0.2, -0.15) is 0 Å². The van der Waals surface area contributed by atoms with E-state index in [1.165, 1.54) is 18.2 Å². The average molecular weight is 370 g/mol. The Morgan fingerprint density at radius 2 is 1.90 bits per heavy atom. The Balaban J connectivity index is 2.27. The van der Waals surface area contributed by atoms with Gasteiger partial charge >= 0.3 is 0 Å². The SMILES string of the molecule is O=C(Nc1ccc(CBr)cc1)c1cc(Cl)ccc1[N+](=O)[O-]. The van der Waals surface area contributed by atoms with Crippen LogP contribution in [0.5, 0.6) is 0 Å². The van der Waals surface area contributed by atoms with Crippen LogP contribution in [-0.2, 0) is 5.33 Å². The lowest BCUT2D eigenvalue weighted by Crippen LogP contribution is -2.14. The molecule has 0 bridgehead atoms. The molecular formula is C14H10BrClN2O3. The number of hydrogen-bond acceptors (Lipinski definition) is 3. The first-order chi connectivity index (χ1) is 10.0. The molecule has 0 fully saturated rings. The molecule has 2 aromatic carbocycles. The zero-order chi connectivity index (χ0) is 15.4. The van der Waals surface area contributed by atoms with Crippen LogP contribution in [0.2, 0.25) is 5.02 Å². The average Bonchev–Trinajstić information content (AvgIpc) is 2.47. The predicted octanol–water partition coefficient (Wildman–Crippen LogP) is 4.40. The Bertz CT molecular complexity index is 689. The number of nitrogens with one attached hydrogen (secondary N) is 1. The molecule has 0 spiro atoms. The summed E-state index contributed by atoms with van der Waals surface area (Å²) in [7, 11) is 0. The topological polar surface area (TPSA) is 72.2 Å². The smallest absolute Gasteiger partial charge is 0.282 e. The van der Waals surface area contributed by atoms with Crippen molar-refractivity contribution in [3.63, 3.8) is 0 Å². The molecule has 2 rings (SSSR count). The van der Waals surface area contributed by atoms with E-state index in [1.807, 2.05) is 12.1 Å². The number of nitrogens with zero attached hydrogens (tertiary/aromatic N) is 1. The van der Waals surface area contributed by atoms with E-state index >= 15 is 0 Å². The van der Waals surface area contributed by atoms with Gasteiger partial charge in [0.25, 0.3) is 11.6 Å². The highest BCUT2D eigenvalue weighted by Crippen LogP contribution is 2.24. The van der Waals surface area contributed by atoms with Gasteiger partial charge in [-0.05, 0) is 29.8 Å². The number of anilines is 1. The minimum absolute atomic E-state index is 0.0722. The molecule has 1 amide bonds. The van der Waals surface area contributed by atoms with E-state index in [1.54, 1.807) is 12.1 Å². The number of carbonyl (C=O) groups excluding carboxylic acids is 1. The molecule has 0 saturated heterocycles. The number of nitro benzene ring substituents is 1. The quantitative estimate of drug-likeness (QED) is 0.493. The zero-order valence-corrected chi connectivity index (χ0v) is 13.0. The van der Waals surface area contributed by atoms with Gasteiger partial charge in [-0.1, -0.05) is 39.7 Å². The fourth-order valence-electron chi connectivity index (χ4n) is 1.72. The minimum Gasteiger partial charge on any atom is -0.322 e. The second kappa shape index (κ2) is 6.69. The summed E-state index contributed by atoms with van der Waals surface area (Å²) in [5, 5.41) is 14.5. The number of hydrogen-bond donors (Lipinski definition) is 1. The van der Waals surface area contributed by atoms with Gasteiger partial charge in [0.1, 0.15) is 5.56 Å². The van der Waals surface area contributed by atoms with Crippen LogP contribution in [0.1, 0.15) is 15.9 Å². The molecule has 0 unspecified atom stereocenters. The van der Waals surface area contributed by atoms with Crippen molar-refractivity contribution in [2.75, 3.05) is 5.32 Å². The first kappa shape index (κ1) is 15.5. The summed E-state index contributed by atoms with van der Waals surface area (Å²) in [5.74, 6) is -0.573. The lowest BCUT2D eigenvalue weighted by atomic mass is 10.1. The number of amides is 1. The van der Waals surface area contributed by atoms with Crippen LogP contribution in [-0.4, -0.2) is 10.8 Å². The summed E-state index contributed by atoms with van der Waals surface area (Å²) < 4.78 is 0. The highest BCUT2D eigenvalue weighted by Gasteiger charge is 2.20. The summed E-state index contributed by atoms with van der Waals surface area (Å²) in [6.07, 6.45) is 0. The van der Waals surface area contributed by atoms with Gasteiger partial charge in [0, 0.05) is 22.1 Å². The van der Waals surface area contributed by atoms with Crippen molar-refractivity contribution in [3.8, 4) is 0 Å².